The molecular formula is C23H32N2O6S2. The van der Waals surface area contributed by atoms with Gasteiger partial charge in [0.05, 0.1) is 27.7 Å². The number of nitrogens with zero attached hydrogens (tertiary/aromatic N) is 1. The van der Waals surface area contributed by atoms with Crippen LogP contribution in [0.15, 0.2) is 52.3 Å². The predicted molar refractivity (Wildman–Crippen MR) is 130 cm³/mol. The van der Waals surface area contributed by atoms with Crippen molar-refractivity contribution in [3.05, 3.63) is 53.6 Å². The molecule has 1 amide bonds. The highest BCUT2D eigenvalue weighted by Gasteiger charge is 2.46. The van der Waals surface area contributed by atoms with Gasteiger partial charge >= 0.3 is 0 Å². The Morgan fingerprint density at radius 3 is 2.52 bits per heavy atom. The van der Waals surface area contributed by atoms with E-state index in [4.69, 9.17) is 4.74 Å². The number of hydrogen-bond acceptors (Lipinski definition) is 7. The molecule has 3 N–H and O–H groups in total. The second-order valence-electron chi connectivity index (χ2n) is 8.30. The van der Waals surface area contributed by atoms with Gasteiger partial charge in [0.1, 0.15) is 11.0 Å². The van der Waals surface area contributed by atoms with E-state index in [0.717, 1.165) is 6.42 Å². The lowest BCUT2D eigenvalue weighted by Crippen LogP contribution is -2.31. The van der Waals surface area contributed by atoms with Crippen molar-refractivity contribution in [2.75, 3.05) is 39.5 Å². The minimum Gasteiger partial charge on any atom is -0.492 e. The summed E-state index contributed by atoms with van der Waals surface area (Å²) in [7, 11) is -3.54. The Balaban J connectivity index is 2.11. The van der Waals surface area contributed by atoms with Crippen LogP contribution in [0, 0.1) is 0 Å². The second-order valence-corrected chi connectivity index (χ2v) is 12.5. The van der Waals surface area contributed by atoms with Gasteiger partial charge in [0.2, 0.25) is 0 Å². The molecule has 33 heavy (non-hydrogen) atoms. The Morgan fingerprint density at radius 2 is 1.88 bits per heavy atom. The van der Waals surface area contributed by atoms with Gasteiger partial charge < -0.3 is 15.0 Å². The summed E-state index contributed by atoms with van der Waals surface area (Å²) in [5.41, 5.74) is 0.365. The van der Waals surface area contributed by atoms with Crippen LogP contribution >= 0.6 is 10.6 Å². The van der Waals surface area contributed by atoms with Crippen molar-refractivity contribution >= 4 is 26.3 Å². The van der Waals surface area contributed by atoms with E-state index in [1.807, 2.05) is 25.9 Å². The Hall–Kier alpha value is -2.11. The number of likely N-dealkylation sites (N-methyl/N-ethyl adjacent to an activating group) is 1. The quantitative estimate of drug-likeness (QED) is 0.429. The summed E-state index contributed by atoms with van der Waals surface area (Å²) in [6, 6.07) is 10.8. The van der Waals surface area contributed by atoms with Crippen molar-refractivity contribution in [2.45, 2.75) is 34.8 Å². The molecule has 2 aromatic rings. The first-order valence-electron chi connectivity index (χ1n) is 10.9. The van der Waals surface area contributed by atoms with E-state index in [1.165, 1.54) is 24.3 Å². The molecule has 0 aliphatic carbocycles. The molecule has 0 spiro atoms. The number of sulfone groups is 1. The number of rotatable bonds is 10. The van der Waals surface area contributed by atoms with Gasteiger partial charge in [-0.05, 0) is 44.8 Å². The van der Waals surface area contributed by atoms with Crippen LogP contribution in [-0.2, 0) is 9.84 Å². The van der Waals surface area contributed by atoms with Gasteiger partial charge in [-0.3, -0.25) is 13.9 Å². The van der Waals surface area contributed by atoms with E-state index in [0.29, 0.717) is 19.5 Å². The summed E-state index contributed by atoms with van der Waals surface area (Å²) in [6.45, 7) is 3.31. The van der Waals surface area contributed by atoms with Crippen molar-refractivity contribution in [3.63, 3.8) is 0 Å². The lowest BCUT2D eigenvalue weighted by molar-refractivity contribution is 0.0946. The molecule has 8 nitrogen and oxygen atoms in total. The minimum absolute atomic E-state index is 0.0818. The third kappa shape index (κ3) is 5.52. The topological polar surface area (TPSA) is 116 Å². The molecule has 1 heterocycles. The highest BCUT2D eigenvalue weighted by Crippen LogP contribution is 2.63. The summed E-state index contributed by atoms with van der Waals surface area (Å²) >= 11 is 0. The van der Waals surface area contributed by atoms with E-state index in [-0.39, 0.29) is 39.0 Å². The maximum Gasteiger partial charge on any atom is 0.255 e. The average Bonchev–Trinajstić information content (AvgIpc) is 3.06. The molecule has 3 rings (SSSR count). The van der Waals surface area contributed by atoms with Crippen LogP contribution in [-0.4, -0.2) is 67.9 Å². The summed E-state index contributed by atoms with van der Waals surface area (Å²) in [5, 5.41) is 1.60. The van der Waals surface area contributed by atoms with Crippen molar-refractivity contribution in [3.8, 4) is 5.75 Å². The molecule has 1 unspecified atom stereocenters. The maximum atomic E-state index is 13.5. The van der Waals surface area contributed by atoms with Crippen molar-refractivity contribution in [2.24, 2.45) is 0 Å². The zero-order valence-corrected chi connectivity index (χ0v) is 20.8. The van der Waals surface area contributed by atoms with Crippen LogP contribution < -0.4 is 10.1 Å². The Bertz CT molecular complexity index is 1090. The zero-order valence-electron chi connectivity index (χ0n) is 19.2. The molecule has 0 radical (unpaired) electrons. The fourth-order valence-electron chi connectivity index (χ4n) is 3.72. The molecule has 1 aliphatic heterocycles. The molecule has 10 heteroatoms. The van der Waals surface area contributed by atoms with E-state index < -0.39 is 31.6 Å². The highest BCUT2D eigenvalue weighted by molar-refractivity contribution is 8.25. The van der Waals surface area contributed by atoms with Gasteiger partial charge in [-0.25, -0.2) is 8.42 Å². The standard InChI is InChI=1S/C23H32N2O6S2/c1-4-5-15-31-22-18(23(26)24-13-14-25(2)3)11-12-19-21(22)20(16-32(19,27)28)33(29,30)17-9-7-6-8-10-17/h6-12,20,27-28H,4-5,13-16H2,1-3H3,(H,24,26). The number of hydrogen-bond donors (Lipinski definition) is 3. The first kappa shape index (κ1) is 25.5. The van der Waals surface area contributed by atoms with E-state index in [9.17, 15) is 22.3 Å². The molecule has 1 aliphatic rings. The van der Waals surface area contributed by atoms with Crippen LogP contribution in [0.1, 0.15) is 40.9 Å². The first-order valence-corrected chi connectivity index (χ1v) is 14.1. The Labute approximate surface area is 197 Å². The van der Waals surface area contributed by atoms with Crippen LogP contribution in [0.25, 0.3) is 0 Å². The number of carbonyl (C=O) groups is 1. The number of carbonyl (C=O) groups excluding carboxylic acids is 1. The monoisotopic (exact) mass is 496 g/mol. The van der Waals surface area contributed by atoms with Crippen molar-refractivity contribution in [1.29, 1.82) is 0 Å². The lowest BCUT2D eigenvalue weighted by atomic mass is 10.1. The summed E-state index contributed by atoms with van der Waals surface area (Å²) in [6.07, 6.45) is 1.55. The average molecular weight is 497 g/mol. The third-order valence-corrected chi connectivity index (χ3v) is 9.64. The number of fused-ring (bicyclic) bond motifs is 1. The summed E-state index contributed by atoms with van der Waals surface area (Å²) in [4.78, 5) is 15.1. The predicted octanol–water partition coefficient (Wildman–Crippen LogP) is 3.80. The van der Waals surface area contributed by atoms with E-state index in [2.05, 4.69) is 5.32 Å². The van der Waals surface area contributed by atoms with Crippen LogP contribution in [0.4, 0.5) is 0 Å². The van der Waals surface area contributed by atoms with E-state index >= 15 is 0 Å². The second kappa shape index (κ2) is 10.4. The van der Waals surface area contributed by atoms with Gasteiger partial charge in [0.25, 0.3) is 5.91 Å². The molecular weight excluding hydrogens is 464 g/mol. The number of amides is 1. The molecule has 0 aromatic heterocycles. The van der Waals surface area contributed by atoms with Crippen LogP contribution in [0.3, 0.4) is 0 Å². The molecule has 0 bridgehead atoms. The van der Waals surface area contributed by atoms with Crippen molar-refractivity contribution in [1.82, 2.24) is 10.2 Å². The molecule has 0 saturated carbocycles. The lowest BCUT2D eigenvalue weighted by Gasteiger charge is -2.27. The molecule has 182 valence electrons. The maximum absolute atomic E-state index is 13.5. The van der Waals surface area contributed by atoms with E-state index in [1.54, 1.807) is 18.2 Å². The number of benzene rings is 2. The molecule has 2 aromatic carbocycles. The zero-order chi connectivity index (χ0) is 24.2. The van der Waals surface area contributed by atoms with Gasteiger partial charge in [-0.15, -0.1) is 0 Å². The SMILES string of the molecule is CCCCOc1c(C(=O)NCCN(C)C)ccc2c1C(S(=O)(=O)c1ccccc1)CS2(O)O. The number of nitrogens with one attached hydrogen (secondary N) is 1. The van der Waals surface area contributed by atoms with Gasteiger partial charge in [-0.2, -0.15) is 10.6 Å². The Morgan fingerprint density at radius 1 is 1.18 bits per heavy atom. The molecule has 0 saturated heterocycles. The van der Waals surface area contributed by atoms with Gasteiger partial charge in [0, 0.05) is 18.7 Å². The fraction of sp³-hybridized carbons (Fsp3) is 0.435. The van der Waals surface area contributed by atoms with Gasteiger partial charge in [0.15, 0.2) is 9.84 Å². The van der Waals surface area contributed by atoms with Gasteiger partial charge in [-0.1, -0.05) is 31.5 Å². The minimum atomic E-state index is -3.96. The molecule has 1 atom stereocenters. The fourth-order valence-corrected chi connectivity index (χ4v) is 8.13. The van der Waals surface area contributed by atoms with Crippen molar-refractivity contribution < 1.29 is 27.1 Å². The first-order chi connectivity index (χ1) is 15.6. The third-order valence-electron chi connectivity index (χ3n) is 5.49. The van der Waals surface area contributed by atoms with Crippen LogP contribution in [0.5, 0.6) is 5.75 Å². The Kier molecular flexibility index (Phi) is 8.07. The largest absolute Gasteiger partial charge is 0.492 e. The summed E-state index contributed by atoms with van der Waals surface area (Å²) in [5.74, 6) is -0.647. The summed E-state index contributed by atoms with van der Waals surface area (Å²) < 4.78 is 54.6. The smallest absolute Gasteiger partial charge is 0.255 e. The molecule has 0 fully saturated rings. The highest BCUT2D eigenvalue weighted by atomic mass is 32.3. The van der Waals surface area contributed by atoms with Crippen LogP contribution in [0.2, 0.25) is 0 Å². The number of unbranched alkanes of at least 4 members (excludes halogenated alkanes) is 1. The normalized spacial score (nSPS) is 18.1. The number of ether oxygens (including phenoxy) is 1.